The van der Waals surface area contributed by atoms with Crippen molar-refractivity contribution in [2.24, 2.45) is 10.8 Å². The van der Waals surface area contributed by atoms with E-state index in [1.165, 1.54) is 5.56 Å². The Balaban J connectivity index is 0.00000208. The van der Waals surface area contributed by atoms with Crippen LogP contribution in [-0.4, -0.2) is 18.8 Å². The smallest absolute Gasteiger partial charge is 0.206 e. The molecule has 0 radical (unpaired) electrons. The number of hydrogen-bond donors (Lipinski definition) is 3. The third kappa shape index (κ3) is 3.54. The zero-order valence-electron chi connectivity index (χ0n) is 13.6. The van der Waals surface area contributed by atoms with Crippen molar-refractivity contribution in [3.05, 3.63) is 53.0 Å². The first-order chi connectivity index (χ1) is 11.1. The molecule has 6 nitrogen and oxygen atoms in total. The summed E-state index contributed by atoms with van der Waals surface area (Å²) in [5.74, 6) is 1.86. The lowest BCUT2D eigenvalue weighted by molar-refractivity contribution is 0.414. The number of ether oxygens (including phenoxy) is 1. The molecule has 3 rings (SSSR count). The molecular formula is C17H21ClN4O2. The first kappa shape index (κ1) is 17.9. The largest absolute Gasteiger partial charge is 0.497 e. The first-order valence-corrected chi connectivity index (χ1v) is 7.46. The number of aryl methyl sites for hydroxylation is 1. The van der Waals surface area contributed by atoms with Gasteiger partial charge in [-0.25, -0.2) is 5.43 Å². The molecule has 7 heteroatoms. The Morgan fingerprint density at radius 3 is 2.67 bits per heavy atom. The lowest BCUT2D eigenvalue weighted by Crippen LogP contribution is -2.29. The fourth-order valence-corrected chi connectivity index (χ4v) is 3.01. The number of benzene rings is 1. The second-order valence-corrected chi connectivity index (χ2v) is 5.68. The van der Waals surface area contributed by atoms with Crippen LogP contribution in [0.25, 0.3) is 0 Å². The fourth-order valence-electron chi connectivity index (χ4n) is 3.01. The van der Waals surface area contributed by atoms with E-state index in [-0.39, 0.29) is 24.3 Å². The van der Waals surface area contributed by atoms with Gasteiger partial charge in [0.05, 0.1) is 19.1 Å². The van der Waals surface area contributed by atoms with E-state index >= 15 is 0 Å². The van der Waals surface area contributed by atoms with Gasteiger partial charge in [0.25, 0.3) is 0 Å². The molecule has 1 aliphatic carbocycles. The van der Waals surface area contributed by atoms with Crippen molar-refractivity contribution in [3.8, 4) is 5.75 Å². The van der Waals surface area contributed by atoms with E-state index in [1.54, 1.807) is 13.4 Å². The summed E-state index contributed by atoms with van der Waals surface area (Å²) >= 11 is 0. The quantitative estimate of drug-likeness (QED) is 0.451. The number of nitrogens with two attached hydrogens (primary N) is 1. The molecule has 1 atom stereocenters. The number of halogens is 1. The van der Waals surface area contributed by atoms with Gasteiger partial charge in [0.15, 0.2) is 0 Å². The van der Waals surface area contributed by atoms with E-state index in [0.29, 0.717) is 0 Å². The van der Waals surface area contributed by atoms with Gasteiger partial charge in [0.2, 0.25) is 5.96 Å². The average molecular weight is 349 g/mol. The number of hydrogen-bond acceptors (Lipinski definition) is 4. The van der Waals surface area contributed by atoms with E-state index < -0.39 is 0 Å². The molecule has 4 N–H and O–H groups in total. The van der Waals surface area contributed by atoms with Crippen LogP contribution in [0.15, 0.2) is 40.0 Å². The molecule has 1 heterocycles. The van der Waals surface area contributed by atoms with Gasteiger partial charge in [0.1, 0.15) is 11.5 Å². The van der Waals surface area contributed by atoms with Crippen LogP contribution < -0.4 is 15.9 Å². The molecule has 0 amide bonds. The van der Waals surface area contributed by atoms with Crippen LogP contribution in [0.4, 0.5) is 0 Å². The summed E-state index contributed by atoms with van der Waals surface area (Å²) in [5, 5.41) is 11.6. The monoisotopic (exact) mass is 348 g/mol. The minimum absolute atomic E-state index is 0. The maximum Gasteiger partial charge on any atom is 0.206 e. The summed E-state index contributed by atoms with van der Waals surface area (Å²) in [6, 6.07) is 8.06. The number of rotatable bonds is 3. The van der Waals surface area contributed by atoms with Crippen LogP contribution in [-0.2, 0) is 6.42 Å². The highest BCUT2D eigenvalue weighted by Gasteiger charge is 2.29. The minimum Gasteiger partial charge on any atom is -0.497 e. The van der Waals surface area contributed by atoms with Crippen LogP contribution in [0.5, 0.6) is 5.75 Å². The maximum absolute atomic E-state index is 7.30. The Kier molecular flexibility index (Phi) is 5.51. The summed E-state index contributed by atoms with van der Waals surface area (Å²) in [6.45, 7) is 2.00. The molecule has 128 valence electrons. The van der Waals surface area contributed by atoms with E-state index in [4.69, 9.17) is 20.3 Å². The zero-order chi connectivity index (χ0) is 16.4. The number of guanidine groups is 1. The summed E-state index contributed by atoms with van der Waals surface area (Å²) in [4.78, 5) is 0. The average Bonchev–Trinajstić information content (AvgIpc) is 2.94. The number of nitrogens with zero attached hydrogens (tertiary/aromatic N) is 1. The van der Waals surface area contributed by atoms with Gasteiger partial charge in [-0.05, 0) is 42.5 Å². The molecule has 0 saturated carbocycles. The number of hydrazone groups is 1. The Labute approximate surface area is 147 Å². The molecule has 1 aromatic heterocycles. The van der Waals surface area contributed by atoms with Gasteiger partial charge in [0, 0.05) is 12.0 Å². The van der Waals surface area contributed by atoms with Gasteiger partial charge in [-0.3, -0.25) is 5.41 Å². The Bertz CT molecular complexity index is 752. The third-order valence-corrected chi connectivity index (χ3v) is 4.11. The summed E-state index contributed by atoms with van der Waals surface area (Å²) < 4.78 is 10.9. The third-order valence-electron chi connectivity index (χ3n) is 4.11. The van der Waals surface area contributed by atoms with Crippen LogP contribution in [0.1, 0.15) is 34.8 Å². The van der Waals surface area contributed by atoms with Gasteiger partial charge >= 0.3 is 0 Å². The van der Waals surface area contributed by atoms with E-state index in [1.807, 2.05) is 19.1 Å². The first-order valence-electron chi connectivity index (χ1n) is 7.46. The van der Waals surface area contributed by atoms with Crippen molar-refractivity contribution in [3.63, 3.8) is 0 Å². The van der Waals surface area contributed by atoms with Crippen LogP contribution in [0.3, 0.4) is 0 Å². The van der Waals surface area contributed by atoms with E-state index in [2.05, 4.69) is 22.7 Å². The molecule has 0 bridgehead atoms. The number of fused-ring (bicyclic) bond motifs is 1. The standard InChI is InChI=1S/C17H20N4O2.ClH/c1-10-9-23-15-8-12(11-3-5-13(22-2)6-4-11)7-14(16(10)15)20-21-17(18)19;/h3-6,9,12H,7-8H2,1-2H3,(H4,18,19,21);1H/b20-14+;. The summed E-state index contributed by atoms with van der Waals surface area (Å²) in [7, 11) is 1.66. The molecule has 1 aliphatic rings. The minimum atomic E-state index is -0.174. The van der Waals surface area contributed by atoms with Crippen molar-refractivity contribution < 1.29 is 9.15 Å². The number of nitrogens with one attached hydrogen (secondary N) is 2. The van der Waals surface area contributed by atoms with Gasteiger partial charge in [-0.2, -0.15) is 5.10 Å². The van der Waals surface area contributed by atoms with Crippen LogP contribution >= 0.6 is 12.4 Å². The van der Waals surface area contributed by atoms with Gasteiger partial charge in [-0.15, -0.1) is 12.4 Å². The lowest BCUT2D eigenvalue weighted by Gasteiger charge is -2.23. The normalized spacial score (nSPS) is 17.8. The summed E-state index contributed by atoms with van der Waals surface area (Å²) in [6.07, 6.45) is 3.35. The van der Waals surface area contributed by atoms with Crippen molar-refractivity contribution in [2.45, 2.75) is 25.7 Å². The predicted octanol–water partition coefficient (Wildman–Crippen LogP) is 2.94. The van der Waals surface area contributed by atoms with E-state index in [9.17, 15) is 0 Å². The number of furan rings is 1. The lowest BCUT2D eigenvalue weighted by atomic mass is 9.81. The second-order valence-electron chi connectivity index (χ2n) is 5.68. The molecule has 1 unspecified atom stereocenters. The van der Waals surface area contributed by atoms with Crippen molar-refractivity contribution >= 4 is 24.1 Å². The maximum atomic E-state index is 7.30. The van der Waals surface area contributed by atoms with Crippen molar-refractivity contribution in [1.82, 2.24) is 5.43 Å². The fraction of sp³-hybridized carbons (Fsp3) is 0.294. The van der Waals surface area contributed by atoms with Gasteiger partial charge < -0.3 is 14.9 Å². The molecule has 0 saturated heterocycles. The highest BCUT2D eigenvalue weighted by Crippen LogP contribution is 2.35. The molecular weight excluding hydrogens is 328 g/mol. The van der Waals surface area contributed by atoms with Gasteiger partial charge in [-0.1, -0.05) is 12.1 Å². The predicted molar refractivity (Wildman–Crippen MR) is 96.3 cm³/mol. The molecule has 24 heavy (non-hydrogen) atoms. The molecule has 0 aliphatic heterocycles. The zero-order valence-corrected chi connectivity index (χ0v) is 14.4. The van der Waals surface area contributed by atoms with Crippen LogP contribution in [0.2, 0.25) is 0 Å². The Morgan fingerprint density at radius 1 is 1.33 bits per heavy atom. The Hall–Kier alpha value is -2.47. The van der Waals surface area contributed by atoms with Crippen LogP contribution in [0, 0.1) is 12.3 Å². The topological polar surface area (TPSA) is 96.6 Å². The second kappa shape index (κ2) is 7.40. The van der Waals surface area contributed by atoms with Crippen molar-refractivity contribution in [1.29, 1.82) is 5.41 Å². The number of methoxy groups -OCH3 is 1. The molecule has 2 aromatic rings. The molecule has 1 aromatic carbocycles. The van der Waals surface area contributed by atoms with E-state index in [0.717, 1.165) is 41.2 Å². The molecule has 0 spiro atoms. The highest BCUT2D eigenvalue weighted by molar-refractivity contribution is 6.04. The molecule has 0 fully saturated rings. The summed E-state index contributed by atoms with van der Waals surface area (Å²) in [5.41, 5.74) is 12.1. The highest BCUT2D eigenvalue weighted by atomic mass is 35.5. The van der Waals surface area contributed by atoms with Crippen molar-refractivity contribution in [2.75, 3.05) is 7.11 Å². The SMILES string of the molecule is COc1ccc(C2C/C(=N\NC(=N)N)c3c(C)coc3C2)cc1.Cl. The Morgan fingerprint density at radius 2 is 2.04 bits per heavy atom.